The fourth-order valence-corrected chi connectivity index (χ4v) is 3.54. The number of nitrogens with one attached hydrogen (secondary N) is 1. The lowest BCUT2D eigenvalue weighted by Crippen LogP contribution is -2.20. The molecule has 0 radical (unpaired) electrons. The minimum absolute atomic E-state index is 0.253. The molecule has 0 aliphatic rings. The summed E-state index contributed by atoms with van der Waals surface area (Å²) in [6.07, 6.45) is 6.13. The highest BCUT2D eigenvalue weighted by atomic mass is 32.1. The second kappa shape index (κ2) is 9.68. The van der Waals surface area contributed by atoms with E-state index >= 15 is 0 Å². The molecule has 0 fully saturated rings. The SMILES string of the molecule is O=C(COC(=O)/C=C/c1cn(Cc2ccccc2)nc1-c1cccs1)Nc1ccon1. The topological polar surface area (TPSA) is 99.2 Å². The summed E-state index contributed by atoms with van der Waals surface area (Å²) in [5.41, 5.74) is 2.68. The van der Waals surface area contributed by atoms with E-state index in [4.69, 9.17) is 4.74 Å². The summed E-state index contributed by atoms with van der Waals surface area (Å²) in [7, 11) is 0. The predicted octanol–water partition coefficient (Wildman–Crippen LogP) is 3.84. The van der Waals surface area contributed by atoms with Crippen LogP contribution in [0.3, 0.4) is 0 Å². The van der Waals surface area contributed by atoms with Gasteiger partial charge in [0.15, 0.2) is 12.4 Å². The summed E-state index contributed by atoms with van der Waals surface area (Å²) in [5.74, 6) is -0.892. The third kappa shape index (κ3) is 5.55. The standard InChI is InChI=1S/C22H18N4O4S/c27-20(23-19-10-11-30-25-19)15-29-21(28)9-8-17-14-26(13-16-5-2-1-3-6-16)24-22(17)18-7-4-12-31-18/h1-12,14H,13,15H2,(H,23,25,27)/b9-8+. The molecule has 4 rings (SSSR count). The summed E-state index contributed by atoms with van der Waals surface area (Å²) in [4.78, 5) is 24.8. The molecule has 1 amide bonds. The smallest absolute Gasteiger partial charge is 0.331 e. The Morgan fingerprint density at radius 1 is 1.16 bits per heavy atom. The minimum atomic E-state index is -0.636. The molecule has 0 atom stereocenters. The van der Waals surface area contributed by atoms with Crippen LogP contribution in [0.15, 0.2) is 77.0 Å². The van der Waals surface area contributed by atoms with Gasteiger partial charge in [-0.25, -0.2) is 4.79 Å². The van der Waals surface area contributed by atoms with Gasteiger partial charge in [-0.3, -0.25) is 9.48 Å². The van der Waals surface area contributed by atoms with Crippen LogP contribution >= 0.6 is 11.3 Å². The first-order valence-electron chi connectivity index (χ1n) is 9.38. The Balaban J connectivity index is 1.43. The molecule has 1 N–H and O–H groups in total. The molecule has 0 aliphatic heterocycles. The second-order valence-corrected chi connectivity index (χ2v) is 7.42. The molecule has 0 unspecified atom stereocenters. The number of carbonyl (C=O) groups excluding carboxylic acids is 2. The third-order valence-corrected chi connectivity index (χ3v) is 5.06. The fraction of sp³-hybridized carbons (Fsp3) is 0.0909. The average molecular weight is 434 g/mol. The number of nitrogens with zero attached hydrogens (tertiary/aromatic N) is 3. The first-order chi connectivity index (χ1) is 15.2. The van der Waals surface area contributed by atoms with Gasteiger partial charge < -0.3 is 14.6 Å². The minimum Gasteiger partial charge on any atom is -0.452 e. The molecule has 3 aromatic heterocycles. The number of anilines is 1. The van der Waals surface area contributed by atoms with E-state index in [2.05, 4.69) is 20.1 Å². The molecule has 3 heterocycles. The van der Waals surface area contributed by atoms with E-state index in [9.17, 15) is 9.59 Å². The number of carbonyl (C=O) groups is 2. The van der Waals surface area contributed by atoms with Gasteiger partial charge in [-0.05, 0) is 23.1 Å². The van der Waals surface area contributed by atoms with Crippen molar-refractivity contribution in [1.82, 2.24) is 14.9 Å². The molecule has 0 aliphatic carbocycles. The van der Waals surface area contributed by atoms with Crippen molar-refractivity contribution in [3.8, 4) is 10.6 Å². The Bertz CT molecular complexity index is 1170. The van der Waals surface area contributed by atoms with Crippen molar-refractivity contribution >= 4 is 35.1 Å². The molecule has 0 spiro atoms. The molecule has 0 saturated heterocycles. The molecule has 156 valence electrons. The fourth-order valence-electron chi connectivity index (χ4n) is 2.81. The molecule has 0 bridgehead atoms. The second-order valence-electron chi connectivity index (χ2n) is 6.47. The molecule has 9 heteroatoms. The van der Waals surface area contributed by atoms with Crippen molar-refractivity contribution in [2.24, 2.45) is 0 Å². The van der Waals surface area contributed by atoms with Crippen LogP contribution in [0.25, 0.3) is 16.6 Å². The zero-order chi connectivity index (χ0) is 21.5. The molecular weight excluding hydrogens is 416 g/mol. The van der Waals surface area contributed by atoms with Crippen molar-refractivity contribution < 1.29 is 18.8 Å². The zero-order valence-corrected chi connectivity index (χ0v) is 17.1. The summed E-state index contributed by atoms with van der Waals surface area (Å²) in [5, 5.41) is 12.7. The van der Waals surface area contributed by atoms with Gasteiger partial charge in [-0.1, -0.05) is 41.6 Å². The number of rotatable bonds is 8. The lowest BCUT2D eigenvalue weighted by molar-refractivity contribution is -0.142. The highest BCUT2D eigenvalue weighted by molar-refractivity contribution is 7.13. The molecule has 4 aromatic rings. The Hall–Kier alpha value is -3.98. The monoisotopic (exact) mass is 434 g/mol. The van der Waals surface area contributed by atoms with Crippen LogP contribution in [-0.4, -0.2) is 33.4 Å². The van der Waals surface area contributed by atoms with Gasteiger partial charge >= 0.3 is 5.97 Å². The molecule has 31 heavy (non-hydrogen) atoms. The van der Waals surface area contributed by atoms with E-state index in [1.165, 1.54) is 18.4 Å². The summed E-state index contributed by atoms with van der Waals surface area (Å²) < 4.78 is 11.4. The van der Waals surface area contributed by atoms with Gasteiger partial charge in [0.1, 0.15) is 12.0 Å². The molecular formula is C22H18N4O4S. The maximum absolute atomic E-state index is 12.1. The van der Waals surface area contributed by atoms with E-state index in [1.807, 2.05) is 58.7 Å². The van der Waals surface area contributed by atoms with Gasteiger partial charge in [0, 0.05) is 23.9 Å². The van der Waals surface area contributed by atoms with Gasteiger partial charge in [0.25, 0.3) is 5.91 Å². The highest BCUT2D eigenvalue weighted by Crippen LogP contribution is 2.27. The third-order valence-electron chi connectivity index (χ3n) is 4.18. The summed E-state index contributed by atoms with van der Waals surface area (Å²) in [6, 6.07) is 15.4. The molecule has 1 aromatic carbocycles. The number of esters is 1. The number of hydrogen-bond acceptors (Lipinski definition) is 7. The van der Waals surface area contributed by atoms with Gasteiger partial charge in [-0.15, -0.1) is 11.3 Å². The lowest BCUT2D eigenvalue weighted by atomic mass is 10.2. The van der Waals surface area contributed by atoms with Gasteiger partial charge in [0.2, 0.25) is 0 Å². The molecule has 8 nitrogen and oxygen atoms in total. The van der Waals surface area contributed by atoms with Crippen LogP contribution < -0.4 is 5.32 Å². The normalized spacial score (nSPS) is 11.0. The van der Waals surface area contributed by atoms with Gasteiger partial charge in [-0.2, -0.15) is 5.10 Å². The quantitative estimate of drug-likeness (QED) is 0.334. The summed E-state index contributed by atoms with van der Waals surface area (Å²) in [6.45, 7) is 0.181. The van der Waals surface area contributed by atoms with Crippen molar-refractivity contribution in [1.29, 1.82) is 0 Å². The molecule has 0 saturated carbocycles. The number of thiophene rings is 1. The number of aromatic nitrogens is 3. The van der Waals surface area contributed by atoms with E-state index in [0.717, 1.165) is 21.7 Å². The van der Waals surface area contributed by atoms with Crippen molar-refractivity contribution in [2.45, 2.75) is 6.54 Å². The van der Waals surface area contributed by atoms with Crippen molar-refractivity contribution in [3.63, 3.8) is 0 Å². The number of benzene rings is 1. The van der Waals surface area contributed by atoms with Crippen LogP contribution in [0.2, 0.25) is 0 Å². The van der Waals surface area contributed by atoms with Crippen LogP contribution in [-0.2, 0) is 20.9 Å². The Morgan fingerprint density at radius 3 is 2.77 bits per heavy atom. The lowest BCUT2D eigenvalue weighted by Gasteiger charge is -2.01. The van der Waals surface area contributed by atoms with Crippen LogP contribution in [0, 0.1) is 0 Å². The maximum atomic E-state index is 12.1. The zero-order valence-electron chi connectivity index (χ0n) is 16.3. The van der Waals surface area contributed by atoms with E-state index in [1.54, 1.807) is 17.4 Å². The Labute approximate surface area is 181 Å². The van der Waals surface area contributed by atoms with E-state index < -0.39 is 18.5 Å². The maximum Gasteiger partial charge on any atom is 0.331 e. The summed E-state index contributed by atoms with van der Waals surface area (Å²) >= 11 is 1.57. The van der Waals surface area contributed by atoms with Crippen LogP contribution in [0.5, 0.6) is 0 Å². The highest BCUT2D eigenvalue weighted by Gasteiger charge is 2.12. The first-order valence-corrected chi connectivity index (χ1v) is 10.3. The van der Waals surface area contributed by atoms with Crippen LogP contribution in [0.4, 0.5) is 5.82 Å². The van der Waals surface area contributed by atoms with Crippen molar-refractivity contribution in [2.75, 3.05) is 11.9 Å². The average Bonchev–Trinajstić information content (AvgIpc) is 3.53. The Morgan fingerprint density at radius 2 is 2.03 bits per heavy atom. The number of ether oxygens (including phenoxy) is 1. The van der Waals surface area contributed by atoms with Gasteiger partial charge in [0.05, 0.1) is 11.4 Å². The largest absolute Gasteiger partial charge is 0.452 e. The van der Waals surface area contributed by atoms with Crippen LogP contribution in [0.1, 0.15) is 11.1 Å². The van der Waals surface area contributed by atoms with E-state index in [0.29, 0.717) is 6.54 Å². The Kier molecular flexibility index (Phi) is 6.34. The number of hydrogen-bond donors (Lipinski definition) is 1. The predicted molar refractivity (Wildman–Crippen MR) is 116 cm³/mol. The van der Waals surface area contributed by atoms with E-state index in [-0.39, 0.29) is 5.82 Å². The first kappa shape index (κ1) is 20.3. The number of amides is 1. The van der Waals surface area contributed by atoms with Crippen molar-refractivity contribution in [3.05, 3.63) is 83.6 Å².